The lowest BCUT2D eigenvalue weighted by molar-refractivity contribution is -0.274. The van der Waals surface area contributed by atoms with Gasteiger partial charge in [-0.2, -0.15) is 4.99 Å². The zero-order chi connectivity index (χ0) is 30.6. The van der Waals surface area contributed by atoms with Crippen molar-refractivity contribution in [3.05, 3.63) is 89.7 Å². The second-order valence-electron chi connectivity index (χ2n) is 9.74. The summed E-state index contributed by atoms with van der Waals surface area (Å²) in [6.45, 7) is 4.27. The fraction of sp³-hybridized carbons (Fsp3) is 0.233. The Kier molecular flexibility index (Phi) is 8.81. The molecule has 1 aliphatic heterocycles. The monoisotopic (exact) mass is 608 g/mol. The van der Waals surface area contributed by atoms with E-state index in [9.17, 15) is 22.8 Å². The normalized spacial score (nSPS) is 14.4. The minimum Gasteiger partial charge on any atom is -0.406 e. The number of aliphatic imine (C=N–C) groups is 1. The molecule has 1 saturated heterocycles. The van der Waals surface area contributed by atoms with Crippen LogP contribution in [0.5, 0.6) is 5.75 Å². The van der Waals surface area contributed by atoms with E-state index in [0.29, 0.717) is 36.1 Å². The number of benzene rings is 3. The topological polar surface area (TPSA) is 102 Å². The molecule has 13 heteroatoms. The van der Waals surface area contributed by atoms with Crippen molar-refractivity contribution >= 4 is 34.6 Å². The molecule has 3 aromatic carbocycles. The van der Waals surface area contributed by atoms with Crippen molar-refractivity contribution in [2.24, 2.45) is 4.99 Å². The summed E-state index contributed by atoms with van der Waals surface area (Å²) in [7, 11) is 0. The number of hydrogen-bond acceptors (Lipinski definition) is 6. The Bertz CT molecular complexity index is 1630. The molecule has 2 heterocycles. The molecule has 0 unspecified atom stereocenters. The lowest BCUT2D eigenvalue weighted by atomic mass is 10.1. The number of para-hydroxylation sites is 1. The largest absolute Gasteiger partial charge is 0.573 e. The second-order valence-corrected chi connectivity index (χ2v) is 10.7. The quantitative estimate of drug-likeness (QED) is 0.238. The van der Waals surface area contributed by atoms with Crippen LogP contribution in [-0.4, -0.2) is 50.5 Å². The van der Waals surface area contributed by atoms with Crippen LogP contribution in [-0.2, 0) is 11.2 Å². The van der Waals surface area contributed by atoms with E-state index in [2.05, 4.69) is 25.1 Å². The number of nitrogens with zero attached hydrogens (tertiary/aromatic N) is 5. The molecule has 43 heavy (non-hydrogen) atoms. The summed E-state index contributed by atoms with van der Waals surface area (Å²) >= 11 is 1.25. The fourth-order valence-corrected chi connectivity index (χ4v) is 5.43. The molecule has 0 radical (unpaired) electrons. The lowest BCUT2D eigenvalue weighted by Crippen LogP contribution is -2.32. The number of aryl methyl sites for hydroxylation is 3. The summed E-state index contributed by atoms with van der Waals surface area (Å²) in [5.74, 6) is 0.281. The van der Waals surface area contributed by atoms with Gasteiger partial charge in [-0.15, -0.1) is 18.3 Å². The smallest absolute Gasteiger partial charge is 0.406 e. The van der Waals surface area contributed by atoms with E-state index in [0.717, 1.165) is 27.9 Å². The third-order valence-corrected chi connectivity index (χ3v) is 7.51. The second kappa shape index (κ2) is 12.7. The van der Waals surface area contributed by atoms with E-state index in [-0.39, 0.29) is 17.4 Å². The maximum Gasteiger partial charge on any atom is 0.573 e. The minimum absolute atomic E-state index is 0.104. The van der Waals surface area contributed by atoms with Gasteiger partial charge in [0.2, 0.25) is 5.91 Å². The number of thioether (sulfide) groups is 1. The number of alkyl halides is 3. The molecule has 0 spiro atoms. The van der Waals surface area contributed by atoms with Crippen molar-refractivity contribution in [3.63, 3.8) is 0 Å². The number of aromatic nitrogens is 3. The van der Waals surface area contributed by atoms with Gasteiger partial charge in [0, 0.05) is 12.1 Å². The van der Waals surface area contributed by atoms with Gasteiger partial charge in [-0.25, -0.2) is 14.5 Å². The molecule has 1 aliphatic rings. The average molecular weight is 609 g/mol. The van der Waals surface area contributed by atoms with Gasteiger partial charge in [-0.1, -0.05) is 54.2 Å². The maximum absolute atomic E-state index is 12.6. The third-order valence-electron chi connectivity index (χ3n) is 6.58. The van der Waals surface area contributed by atoms with E-state index in [4.69, 9.17) is 0 Å². The molecule has 3 amide bonds. The Morgan fingerprint density at radius 2 is 1.74 bits per heavy atom. The van der Waals surface area contributed by atoms with E-state index >= 15 is 0 Å². The molecule has 4 aromatic rings. The number of amides is 3. The predicted molar refractivity (Wildman–Crippen MR) is 158 cm³/mol. The first kappa shape index (κ1) is 29.8. The molecule has 9 nitrogen and oxygen atoms in total. The molecule has 0 aliphatic carbocycles. The Labute approximate surface area is 249 Å². The van der Waals surface area contributed by atoms with E-state index < -0.39 is 12.4 Å². The molecule has 1 N–H and O–H groups in total. The van der Waals surface area contributed by atoms with Crippen LogP contribution in [0.15, 0.2) is 78.0 Å². The number of anilines is 1. The number of nitrogens with one attached hydrogen (secondary N) is 1. The van der Waals surface area contributed by atoms with Crippen molar-refractivity contribution in [1.29, 1.82) is 0 Å². The Morgan fingerprint density at radius 1 is 1.05 bits per heavy atom. The molecule has 1 fully saturated rings. The van der Waals surface area contributed by atoms with Gasteiger partial charge in [-0.3, -0.25) is 9.69 Å². The van der Waals surface area contributed by atoms with Crippen LogP contribution in [0.2, 0.25) is 0 Å². The zero-order valence-corrected chi connectivity index (χ0v) is 24.1. The number of urea groups is 1. The highest BCUT2D eigenvalue weighted by atomic mass is 32.2. The number of rotatable bonds is 8. The molecular formula is C30H27F3N6O3S. The van der Waals surface area contributed by atoms with Crippen molar-refractivity contribution in [1.82, 2.24) is 20.1 Å². The minimum atomic E-state index is -4.75. The van der Waals surface area contributed by atoms with Gasteiger partial charge in [0.1, 0.15) is 12.1 Å². The maximum atomic E-state index is 12.6. The fourth-order valence-electron chi connectivity index (χ4n) is 4.58. The van der Waals surface area contributed by atoms with Crippen molar-refractivity contribution < 1.29 is 27.5 Å². The van der Waals surface area contributed by atoms with Crippen molar-refractivity contribution in [3.8, 4) is 22.8 Å². The highest BCUT2D eigenvalue weighted by Crippen LogP contribution is 2.32. The van der Waals surface area contributed by atoms with Crippen LogP contribution in [0.3, 0.4) is 0 Å². The molecule has 0 saturated carbocycles. The Morgan fingerprint density at radius 3 is 2.42 bits per heavy atom. The number of ether oxygens (including phenoxy) is 1. The van der Waals surface area contributed by atoms with Gasteiger partial charge < -0.3 is 10.1 Å². The molecule has 222 valence electrons. The van der Waals surface area contributed by atoms with E-state index in [1.807, 2.05) is 56.3 Å². The van der Waals surface area contributed by atoms with Crippen molar-refractivity contribution in [2.45, 2.75) is 33.1 Å². The first-order valence-electron chi connectivity index (χ1n) is 13.3. The highest BCUT2D eigenvalue weighted by molar-refractivity contribution is 8.15. The molecule has 0 atom stereocenters. The molecular weight excluding hydrogens is 581 g/mol. The lowest BCUT2D eigenvalue weighted by Gasteiger charge is -2.20. The summed E-state index contributed by atoms with van der Waals surface area (Å²) < 4.78 is 42.5. The predicted octanol–water partition coefficient (Wildman–Crippen LogP) is 6.23. The van der Waals surface area contributed by atoms with Crippen LogP contribution in [0.1, 0.15) is 23.1 Å². The summed E-state index contributed by atoms with van der Waals surface area (Å²) in [6, 6.07) is 18.3. The molecule has 5 rings (SSSR count). The number of carbonyl (C=O) groups excluding carboxylic acids is 2. The van der Waals surface area contributed by atoms with Gasteiger partial charge in [0.15, 0.2) is 11.0 Å². The van der Waals surface area contributed by atoms with Crippen molar-refractivity contribution in [2.75, 3.05) is 17.2 Å². The van der Waals surface area contributed by atoms with E-state index in [1.165, 1.54) is 51.9 Å². The SMILES string of the molecule is Cc1cccc(C)c1N1C(=O)CSC1=NC(=O)NCCCc1ccc(-c2ncn(-c3ccc(OC(F)(F)F)cc3)n2)cc1. The molecule has 1 aromatic heterocycles. The van der Waals surface area contributed by atoms with Crippen LogP contribution >= 0.6 is 11.8 Å². The summed E-state index contributed by atoms with van der Waals surface area (Å²) in [4.78, 5) is 35.1. The standard InChI is InChI=1S/C30H27F3N6O3S/c1-19-5-3-6-20(2)26(19)39-25(40)17-43-29(39)36-28(41)34-16-4-7-21-8-10-22(11-9-21)27-35-18-38(37-27)23-12-14-24(15-13-23)42-30(31,32)33/h3,5-6,8-15,18H,4,7,16-17H2,1-2H3,(H,34,41). The summed E-state index contributed by atoms with van der Waals surface area (Å²) in [6.07, 6.45) is -1.87. The van der Waals surface area contributed by atoms with Crippen LogP contribution in [0.4, 0.5) is 23.7 Å². The first-order chi connectivity index (χ1) is 20.6. The highest BCUT2D eigenvalue weighted by Gasteiger charge is 2.32. The van der Waals surface area contributed by atoms with Gasteiger partial charge >= 0.3 is 12.4 Å². The number of carbonyl (C=O) groups is 2. The third kappa shape index (κ3) is 7.41. The summed E-state index contributed by atoms with van der Waals surface area (Å²) in [5.41, 5.74) is 5.01. The van der Waals surface area contributed by atoms with Crippen LogP contribution in [0.25, 0.3) is 17.1 Å². The van der Waals surface area contributed by atoms with Gasteiger partial charge in [0.05, 0.1) is 17.1 Å². The van der Waals surface area contributed by atoms with Gasteiger partial charge in [-0.05, 0) is 67.6 Å². The Hall–Kier alpha value is -4.65. The number of amidine groups is 1. The first-order valence-corrected chi connectivity index (χ1v) is 14.3. The summed E-state index contributed by atoms with van der Waals surface area (Å²) in [5, 5.41) is 7.59. The molecule has 0 bridgehead atoms. The van der Waals surface area contributed by atoms with Gasteiger partial charge in [0.25, 0.3) is 0 Å². The van der Waals surface area contributed by atoms with E-state index in [1.54, 1.807) is 0 Å². The average Bonchev–Trinajstić information content (AvgIpc) is 3.59. The Balaban J connectivity index is 1.12. The number of halogens is 3. The van der Waals surface area contributed by atoms with Crippen LogP contribution in [0, 0.1) is 13.8 Å². The zero-order valence-electron chi connectivity index (χ0n) is 23.3. The number of hydrogen-bond donors (Lipinski definition) is 1. The van der Waals surface area contributed by atoms with Crippen LogP contribution < -0.4 is 15.0 Å².